The first-order valence-corrected chi connectivity index (χ1v) is 4.33. The zero-order valence-electron chi connectivity index (χ0n) is 7.51. The molecule has 0 saturated carbocycles. The minimum atomic E-state index is 0.970. The second-order valence-electron chi connectivity index (χ2n) is 2.83. The normalized spacial score (nSPS) is 10.2. The molecule has 0 saturated heterocycles. The molecule has 0 amide bonds. The van der Waals surface area contributed by atoms with Crippen LogP contribution in [-0.2, 0) is 6.42 Å². The van der Waals surface area contributed by atoms with Crippen LogP contribution >= 0.6 is 0 Å². The molecule has 0 aliphatic heterocycles. The van der Waals surface area contributed by atoms with Gasteiger partial charge in [0, 0.05) is 24.3 Å². The van der Waals surface area contributed by atoms with Crippen molar-refractivity contribution in [1.29, 1.82) is 0 Å². The van der Waals surface area contributed by atoms with Gasteiger partial charge in [0.1, 0.15) is 0 Å². The first kappa shape index (κ1) is 7.98. The molecule has 2 aromatic heterocycles. The van der Waals surface area contributed by atoms with Crippen LogP contribution in [0.4, 0.5) is 0 Å². The lowest BCUT2D eigenvalue weighted by atomic mass is 10.4. The number of pyridine rings is 1. The van der Waals surface area contributed by atoms with E-state index < -0.39 is 0 Å². The molecule has 0 spiro atoms. The molecular formula is C10H11N3. The molecule has 0 N–H and O–H groups in total. The molecule has 0 atom stereocenters. The highest BCUT2D eigenvalue weighted by Crippen LogP contribution is 2.06. The fourth-order valence-electron chi connectivity index (χ4n) is 1.20. The van der Waals surface area contributed by atoms with Crippen molar-refractivity contribution in [2.24, 2.45) is 0 Å². The number of imidazole rings is 1. The van der Waals surface area contributed by atoms with E-state index in [1.165, 1.54) is 0 Å². The van der Waals surface area contributed by atoms with Gasteiger partial charge in [-0.1, -0.05) is 6.92 Å². The zero-order chi connectivity index (χ0) is 9.10. The highest BCUT2D eigenvalue weighted by Gasteiger charge is 1.97. The minimum absolute atomic E-state index is 0.970. The summed E-state index contributed by atoms with van der Waals surface area (Å²) >= 11 is 0. The van der Waals surface area contributed by atoms with Crippen LogP contribution in [0, 0.1) is 0 Å². The summed E-state index contributed by atoms with van der Waals surface area (Å²) in [6.07, 6.45) is 8.39. The minimum Gasteiger partial charge on any atom is -0.306 e. The average molecular weight is 173 g/mol. The van der Waals surface area contributed by atoms with Crippen LogP contribution in [0.1, 0.15) is 12.6 Å². The van der Waals surface area contributed by atoms with Crippen molar-refractivity contribution in [3.8, 4) is 5.69 Å². The van der Waals surface area contributed by atoms with Gasteiger partial charge in [0.2, 0.25) is 0 Å². The topological polar surface area (TPSA) is 30.7 Å². The summed E-state index contributed by atoms with van der Waals surface area (Å²) in [4.78, 5) is 8.22. The molecule has 0 aromatic carbocycles. The van der Waals surface area contributed by atoms with Gasteiger partial charge in [-0.15, -0.1) is 0 Å². The quantitative estimate of drug-likeness (QED) is 0.693. The van der Waals surface area contributed by atoms with E-state index in [1.54, 1.807) is 12.4 Å². The summed E-state index contributed by atoms with van der Waals surface area (Å²) in [5.74, 6) is 0. The zero-order valence-corrected chi connectivity index (χ0v) is 7.51. The van der Waals surface area contributed by atoms with Gasteiger partial charge >= 0.3 is 0 Å². The Bertz CT molecular complexity index is 378. The number of aryl methyl sites for hydroxylation is 1. The molecule has 66 valence electrons. The van der Waals surface area contributed by atoms with Crippen LogP contribution in [-0.4, -0.2) is 14.5 Å². The second kappa shape index (κ2) is 3.39. The largest absolute Gasteiger partial charge is 0.306 e. The smallest absolute Gasteiger partial charge is 0.0995 e. The monoisotopic (exact) mass is 173 g/mol. The summed E-state index contributed by atoms with van der Waals surface area (Å²) in [5, 5.41) is 0. The molecule has 0 aliphatic carbocycles. The van der Waals surface area contributed by atoms with E-state index in [0.717, 1.165) is 17.8 Å². The van der Waals surface area contributed by atoms with Gasteiger partial charge in [-0.25, -0.2) is 4.98 Å². The lowest BCUT2D eigenvalue weighted by molar-refractivity contribution is 1.05. The van der Waals surface area contributed by atoms with E-state index in [1.807, 2.05) is 29.2 Å². The lowest BCUT2D eigenvalue weighted by Crippen LogP contribution is -1.88. The van der Waals surface area contributed by atoms with Crippen molar-refractivity contribution in [2.75, 3.05) is 0 Å². The van der Waals surface area contributed by atoms with Gasteiger partial charge < -0.3 is 4.57 Å². The maximum absolute atomic E-state index is 4.25. The standard InChI is InChI=1S/C10H11N3/c1-2-9-7-13(8-12-9)10-3-5-11-6-4-10/h3-8H,2H2,1H3. The fraction of sp³-hybridized carbons (Fsp3) is 0.200. The van der Waals surface area contributed by atoms with Gasteiger partial charge in [0.15, 0.2) is 0 Å². The van der Waals surface area contributed by atoms with Crippen molar-refractivity contribution in [3.05, 3.63) is 42.7 Å². The molecule has 0 aliphatic rings. The number of rotatable bonds is 2. The first-order valence-electron chi connectivity index (χ1n) is 4.33. The lowest BCUT2D eigenvalue weighted by Gasteiger charge is -1.98. The Kier molecular flexibility index (Phi) is 2.08. The van der Waals surface area contributed by atoms with Gasteiger partial charge in [-0.3, -0.25) is 4.98 Å². The molecule has 3 heteroatoms. The SMILES string of the molecule is CCc1cn(-c2ccncc2)cn1. The van der Waals surface area contributed by atoms with Crippen molar-refractivity contribution >= 4 is 0 Å². The molecule has 2 rings (SSSR count). The van der Waals surface area contributed by atoms with Crippen LogP contribution < -0.4 is 0 Å². The summed E-state index contributed by atoms with van der Waals surface area (Å²) in [6.45, 7) is 2.10. The summed E-state index contributed by atoms with van der Waals surface area (Å²) in [5.41, 5.74) is 2.21. The predicted molar refractivity (Wildman–Crippen MR) is 50.7 cm³/mol. The number of hydrogen-bond acceptors (Lipinski definition) is 2. The van der Waals surface area contributed by atoms with E-state index >= 15 is 0 Å². The Labute approximate surface area is 77.1 Å². The molecule has 0 radical (unpaired) electrons. The molecule has 2 heterocycles. The average Bonchev–Trinajstić information content (AvgIpc) is 2.67. The third-order valence-corrected chi connectivity index (χ3v) is 1.96. The Morgan fingerprint density at radius 1 is 1.31 bits per heavy atom. The van der Waals surface area contributed by atoms with Crippen molar-refractivity contribution in [2.45, 2.75) is 13.3 Å². The highest BCUT2D eigenvalue weighted by atomic mass is 15.0. The van der Waals surface area contributed by atoms with E-state index in [9.17, 15) is 0 Å². The van der Waals surface area contributed by atoms with Crippen molar-refractivity contribution in [3.63, 3.8) is 0 Å². The van der Waals surface area contributed by atoms with Gasteiger partial charge in [0.25, 0.3) is 0 Å². The molecule has 0 bridgehead atoms. The summed E-state index contributed by atoms with van der Waals surface area (Å²) < 4.78 is 2.00. The summed E-state index contributed by atoms with van der Waals surface area (Å²) in [7, 11) is 0. The van der Waals surface area contributed by atoms with Crippen LogP contribution in [0.25, 0.3) is 5.69 Å². The maximum Gasteiger partial charge on any atom is 0.0995 e. The Balaban J connectivity index is 2.36. The van der Waals surface area contributed by atoms with Crippen molar-refractivity contribution in [1.82, 2.24) is 14.5 Å². The van der Waals surface area contributed by atoms with Crippen LogP contribution in [0.2, 0.25) is 0 Å². The second-order valence-corrected chi connectivity index (χ2v) is 2.83. The van der Waals surface area contributed by atoms with Gasteiger partial charge in [0.05, 0.1) is 12.0 Å². The van der Waals surface area contributed by atoms with E-state index in [0.29, 0.717) is 0 Å². The fourth-order valence-corrected chi connectivity index (χ4v) is 1.20. The molecule has 2 aromatic rings. The Morgan fingerprint density at radius 2 is 2.08 bits per heavy atom. The summed E-state index contributed by atoms with van der Waals surface area (Å²) in [6, 6.07) is 3.92. The number of hydrogen-bond donors (Lipinski definition) is 0. The van der Waals surface area contributed by atoms with Crippen LogP contribution in [0.15, 0.2) is 37.1 Å². The first-order chi connectivity index (χ1) is 6.40. The number of nitrogens with zero attached hydrogens (tertiary/aromatic N) is 3. The van der Waals surface area contributed by atoms with Crippen LogP contribution in [0.5, 0.6) is 0 Å². The third kappa shape index (κ3) is 1.59. The Hall–Kier alpha value is -1.64. The molecule has 3 nitrogen and oxygen atoms in total. The van der Waals surface area contributed by atoms with E-state index in [4.69, 9.17) is 0 Å². The number of aromatic nitrogens is 3. The van der Waals surface area contributed by atoms with Gasteiger partial charge in [-0.2, -0.15) is 0 Å². The maximum atomic E-state index is 4.25. The van der Waals surface area contributed by atoms with E-state index in [-0.39, 0.29) is 0 Å². The molecule has 0 unspecified atom stereocenters. The molecule has 13 heavy (non-hydrogen) atoms. The predicted octanol–water partition coefficient (Wildman–Crippen LogP) is 1.83. The molecular weight excluding hydrogens is 162 g/mol. The van der Waals surface area contributed by atoms with Crippen LogP contribution in [0.3, 0.4) is 0 Å². The highest BCUT2D eigenvalue weighted by molar-refractivity contribution is 5.29. The molecule has 0 fully saturated rings. The van der Waals surface area contributed by atoms with Crippen molar-refractivity contribution < 1.29 is 0 Å². The third-order valence-electron chi connectivity index (χ3n) is 1.96. The van der Waals surface area contributed by atoms with Gasteiger partial charge in [-0.05, 0) is 18.6 Å². The Morgan fingerprint density at radius 3 is 2.69 bits per heavy atom. The van der Waals surface area contributed by atoms with E-state index in [2.05, 4.69) is 16.9 Å².